The second kappa shape index (κ2) is 5.76. The van der Waals surface area contributed by atoms with Gasteiger partial charge in [-0.2, -0.15) is 0 Å². The van der Waals surface area contributed by atoms with E-state index in [9.17, 15) is 9.59 Å². The maximum atomic E-state index is 12.5. The van der Waals surface area contributed by atoms with E-state index in [1.54, 1.807) is 46.0 Å². The van der Waals surface area contributed by atoms with Crippen LogP contribution in [0.1, 0.15) is 34.1 Å². The number of anilines is 1. The number of amides is 2. The van der Waals surface area contributed by atoms with Crippen LogP contribution in [0.4, 0.5) is 10.5 Å². The average molecular weight is 291 g/mol. The molecule has 0 aliphatic carbocycles. The van der Waals surface area contributed by atoms with Gasteiger partial charge in [-0.05, 0) is 45.2 Å². The highest BCUT2D eigenvalue weighted by atomic mass is 16.6. The fourth-order valence-corrected chi connectivity index (χ4v) is 2.34. The summed E-state index contributed by atoms with van der Waals surface area (Å²) in [4.78, 5) is 25.9. The summed E-state index contributed by atoms with van der Waals surface area (Å²) in [6.45, 7) is 5.33. The van der Waals surface area contributed by atoms with Crippen LogP contribution < -0.4 is 10.2 Å². The van der Waals surface area contributed by atoms with E-state index in [4.69, 9.17) is 6.11 Å². The van der Waals surface area contributed by atoms with Crippen LogP contribution >= 0.6 is 0 Å². The van der Waals surface area contributed by atoms with Gasteiger partial charge in [0.2, 0.25) is 5.91 Å². The Balaban J connectivity index is 2.14. The number of hydrogen-bond donors (Lipinski definition) is 1. The third-order valence-electron chi connectivity index (χ3n) is 3.31. The number of para-hydroxylation sites is 1. The van der Waals surface area contributed by atoms with Crippen LogP contribution in [-0.4, -0.2) is 30.7 Å². The zero-order chi connectivity index (χ0) is 16.5. The molecule has 5 nitrogen and oxygen atoms in total. The van der Waals surface area contributed by atoms with E-state index in [0.29, 0.717) is 18.9 Å². The Morgan fingerprint density at radius 1 is 1.48 bits per heavy atom. The van der Waals surface area contributed by atoms with Crippen LogP contribution in [0, 0.1) is 0 Å². The molecule has 1 aromatic rings. The highest BCUT2D eigenvalue weighted by Gasteiger charge is 2.30. The molecule has 1 aliphatic rings. The zero-order valence-corrected chi connectivity index (χ0v) is 12.9. The number of nitrogens with one attached hydrogen (secondary N) is 1. The Hall–Kier alpha value is -2.04. The minimum absolute atomic E-state index is 0.178. The highest BCUT2D eigenvalue weighted by molar-refractivity contribution is 5.99. The molecule has 1 aliphatic heterocycles. The number of nitrogens with zero attached hydrogens (tertiary/aromatic N) is 1. The predicted octanol–water partition coefficient (Wildman–Crippen LogP) is 2.49. The van der Waals surface area contributed by atoms with Crippen molar-refractivity contribution < 1.29 is 15.7 Å². The van der Waals surface area contributed by atoms with Gasteiger partial charge in [-0.3, -0.25) is 4.79 Å². The molecule has 114 valence electrons. The fourth-order valence-electron chi connectivity index (χ4n) is 2.34. The number of rotatable bonds is 1. The largest absolute Gasteiger partial charge is 0.444 e. The molecular formula is C16H22N2O3. The molecule has 0 bridgehead atoms. The summed E-state index contributed by atoms with van der Waals surface area (Å²) in [5.41, 5.74) is 1.12. The predicted molar refractivity (Wildman–Crippen MR) is 81.3 cm³/mol. The van der Waals surface area contributed by atoms with Crippen molar-refractivity contribution >= 4 is 17.7 Å². The fraction of sp³-hybridized carbons (Fsp3) is 0.500. The van der Waals surface area contributed by atoms with Gasteiger partial charge in [0.15, 0.2) is 0 Å². The van der Waals surface area contributed by atoms with Crippen LogP contribution in [-0.2, 0) is 16.0 Å². The minimum Gasteiger partial charge on any atom is -0.444 e. The van der Waals surface area contributed by atoms with E-state index in [2.05, 4.69) is 5.32 Å². The van der Waals surface area contributed by atoms with Crippen molar-refractivity contribution in [1.82, 2.24) is 5.32 Å². The number of fused-ring (bicyclic) bond motifs is 1. The second-order valence-electron chi connectivity index (χ2n) is 6.19. The molecule has 1 N–H and O–H groups in total. The van der Waals surface area contributed by atoms with Crippen molar-refractivity contribution in [2.45, 2.75) is 45.3 Å². The van der Waals surface area contributed by atoms with Gasteiger partial charge in [-0.1, -0.05) is 18.2 Å². The molecule has 21 heavy (non-hydrogen) atoms. The van der Waals surface area contributed by atoms with Gasteiger partial charge < -0.3 is 15.0 Å². The minimum atomic E-state index is -0.624. The first-order chi connectivity index (χ1) is 10.2. The standard InChI is InChI=1S/C16H22N2O3/c1-16(2,3)21-15(20)17-12-10-9-11-7-5-6-8-13(11)18(4)14(12)19/h5-8,12H,9-10H2,1-4H3,(H,17,20)/i5D. The van der Waals surface area contributed by atoms with Crippen LogP contribution in [0.2, 0.25) is 0 Å². The first-order valence-corrected chi connectivity index (χ1v) is 7.04. The third kappa shape index (κ3) is 3.74. The van der Waals surface area contributed by atoms with Gasteiger partial charge in [-0.25, -0.2) is 4.79 Å². The molecule has 0 spiro atoms. The maximum Gasteiger partial charge on any atom is 0.408 e. The summed E-state index contributed by atoms with van der Waals surface area (Å²) >= 11 is 0. The van der Waals surface area contributed by atoms with E-state index in [-0.39, 0.29) is 5.91 Å². The summed E-state index contributed by atoms with van der Waals surface area (Å²) in [5.74, 6) is -0.178. The quantitative estimate of drug-likeness (QED) is 0.865. The average Bonchev–Trinajstić information content (AvgIpc) is 2.49. The topological polar surface area (TPSA) is 58.6 Å². The molecule has 1 atom stereocenters. The molecule has 0 radical (unpaired) electrons. The smallest absolute Gasteiger partial charge is 0.408 e. The number of ether oxygens (including phenoxy) is 1. The van der Waals surface area contributed by atoms with E-state index < -0.39 is 17.7 Å². The van der Waals surface area contributed by atoms with Crippen molar-refractivity contribution in [3.63, 3.8) is 0 Å². The molecule has 0 saturated carbocycles. The van der Waals surface area contributed by atoms with Crippen molar-refractivity contribution in [3.05, 3.63) is 29.8 Å². The Morgan fingerprint density at radius 2 is 2.19 bits per heavy atom. The molecule has 2 amide bonds. The monoisotopic (exact) mass is 291 g/mol. The lowest BCUT2D eigenvalue weighted by atomic mass is 10.1. The zero-order valence-electron chi connectivity index (χ0n) is 13.9. The third-order valence-corrected chi connectivity index (χ3v) is 3.31. The molecule has 0 saturated heterocycles. The summed E-state index contributed by atoms with van der Waals surface area (Å²) in [6, 6.07) is 4.98. The van der Waals surface area contributed by atoms with Gasteiger partial charge in [0.25, 0.3) is 0 Å². The number of hydrogen-bond acceptors (Lipinski definition) is 3. The first kappa shape index (κ1) is 13.9. The van der Waals surface area contributed by atoms with E-state index in [0.717, 1.165) is 11.3 Å². The van der Waals surface area contributed by atoms with Crippen molar-refractivity contribution in [3.8, 4) is 0 Å². The van der Waals surface area contributed by atoms with Crippen molar-refractivity contribution in [2.75, 3.05) is 11.9 Å². The second-order valence-corrected chi connectivity index (χ2v) is 6.19. The molecule has 1 unspecified atom stereocenters. The summed E-state index contributed by atoms with van der Waals surface area (Å²) in [7, 11) is 1.68. The van der Waals surface area contributed by atoms with Crippen LogP contribution in [0.15, 0.2) is 24.2 Å². The van der Waals surface area contributed by atoms with Gasteiger partial charge in [0.1, 0.15) is 11.6 Å². The highest BCUT2D eigenvalue weighted by Crippen LogP contribution is 2.25. The van der Waals surface area contributed by atoms with Crippen LogP contribution in [0.3, 0.4) is 0 Å². The Kier molecular flexibility index (Phi) is 3.82. The Morgan fingerprint density at radius 3 is 2.86 bits per heavy atom. The summed E-state index contributed by atoms with van der Waals surface area (Å²) in [6.07, 6.45) is 0.517. The number of likely N-dealkylation sites (N-methyl/N-ethyl adjacent to an activating group) is 1. The van der Waals surface area contributed by atoms with Crippen LogP contribution in [0.25, 0.3) is 0 Å². The van der Waals surface area contributed by atoms with E-state index in [1.807, 2.05) is 0 Å². The molecule has 1 aromatic carbocycles. The number of carbonyl (C=O) groups excluding carboxylic acids is 2. The normalized spacial score (nSPS) is 19.4. The molecular weight excluding hydrogens is 268 g/mol. The molecule has 1 heterocycles. The summed E-state index contributed by atoms with van der Waals surface area (Å²) < 4.78 is 12.9. The SMILES string of the molecule is [2H]c1ccc2c(c1)CCC(NC(=O)OC(C)(C)C)C(=O)N2C. The number of aryl methyl sites for hydroxylation is 1. The Bertz CT molecular complexity index is 596. The number of benzene rings is 1. The van der Waals surface area contributed by atoms with Gasteiger partial charge in [0, 0.05) is 12.7 Å². The van der Waals surface area contributed by atoms with Gasteiger partial charge in [0.05, 0.1) is 1.37 Å². The van der Waals surface area contributed by atoms with Crippen LogP contribution in [0.5, 0.6) is 0 Å². The van der Waals surface area contributed by atoms with Gasteiger partial charge >= 0.3 is 6.09 Å². The van der Waals surface area contributed by atoms with E-state index in [1.165, 1.54) is 4.90 Å². The lowest BCUT2D eigenvalue weighted by Gasteiger charge is -2.24. The molecule has 0 aromatic heterocycles. The molecule has 2 rings (SSSR count). The Labute approximate surface area is 126 Å². The summed E-state index contributed by atoms with van der Waals surface area (Å²) in [5, 5.41) is 2.65. The number of carbonyl (C=O) groups is 2. The molecule has 5 heteroatoms. The van der Waals surface area contributed by atoms with Gasteiger partial charge in [-0.15, -0.1) is 0 Å². The number of alkyl carbamates (subject to hydrolysis) is 1. The first-order valence-electron chi connectivity index (χ1n) is 7.54. The van der Waals surface area contributed by atoms with E-state index >= 15 is 0 Å². The van der Waals surface area contributed by atoms with Crippen molar-refractivity contribution in [1.29, 1.82) is 0 Å². The molecule has 0 fully saturated rings. The lowest BCUT2D eigenvalue weighted by molar-refractivity contribution is -0.120. The lowest BCUT2D eigenvalue weighted by Crippen LogP contribution is -2.48. The van der Waals surface area contributed by atoms with Crippen molar-refractivity contribution in [2.24, 2.45) is 0 Å². The maximum absolute atomic E-state index is 12.5.